The van der Waals surface area contributed by atoms with E-state index in [1.165, 1.54) is 6.20 Å². The Balaban J connectivity index is 2.59. The first-order chi connectivity index (χ1) is 7.13. The molecule has 0 radical (unpaired) electrons. The van der Waals surface area contributed by atoms with Crippen molar-refractivity contribution in [2.75, 3.05) is 19.0 Å². The largest absolute Gasteiger partial charge is 0.385 e. The van der Waals surface area contributed by atoms with Crippen molar-refractivity contribution in [3.05, 3.63) is 16.5 Å². The predicted octanol–water partition coefficient (Wildman–Crippen LogP) is 2.62. The molecule has 1 aromatic rings. The van der Waals surface area contributed by atoms with Crippen LogP contribution in [0, 0.1) is 0 Å². The van der Waals surface area contributed by atoms with Gasteiger partial charge in [-0.3, -0.25) is 0 Å². The lowest BCUT2D eigenvalue weighted by molar-refractivity contribution is 0.191. The van der Waals surface area contributed by atoms with Gasteiger partial charge in [-0.15, -0.1) is 0 Å². The van der Waals surface area contributed by atoms with Crippen molar-refractivity contribution >= 4 is 29.0 Å². The Kier molecular flexibility index (Phi) is 5.08. The zero-order chi connectivity index (χ0) is 11.3. The second-order valence-electron chi connectivity index (χ2n) is 3.16. The van der Waals surface area contributed by atoms with E-state index in [0.717, 1.165) is 6.42 Å². The summed E-state index contributed by atoms with van der Waals surface area (Å²) >= 11 is 11.6. The van der Waals surface area contributed by atoms with Crippen LogP contribution < -0.4 is 5.32 Å². The highest BCUT2D eigenvalue weighted by Crippen LogP contribution is 2.20. The molecule has 1 atom stereocenters. The fraction of sp³-hybridized carbons (Fsp3) is 0.556. The Morgan fingerprint density at radius 2 is 2.27 bits per heavy atom. The fourth-order valence-corrected chi connectivity index (χ4v) is 1.33. The highest BCUT2D eigenvalue weighted by atomic mass is 35.5. The Morgan fingerprint density at radius 3 is 2.93 bits per heavy atom. The number of halogens is 2. The summed E-state index contributed by atoms with van der Waals surface area (Å²) in [4.78, 5) is 7.76. The monoisotopic (exact) mass is 249 g/mol. The van der Waals surface area contributed by atoms with Gasteiger partial charge in [0.25, 0.3) is 0 Å². The number of anilines is 1. The maximum Gasteiger partial charge on any atom is 0.224 e. The molecule has 1 rings (SSSR count). The number of nitrogens with zero attached hydrogens (tertiary/aromatic N) is 2. The van der Waals surface area contributed by atoms with Gasteiger partial charge in [0.15, 0.2) is 0 Å². The first-order valence-electron chi connectivity index (χ1n) is 4.57. The van der Waals surface area contributed by atoms with E-state index in [2.05, 4.69) is 15.3 Å². The molecule has 1 unspecified atom stereocenters. The summed E-state index contributed by atoms with van der Waals surface area (Å²) in [5, 5.41) is 3.78. The Morgan fingerprint density at radius 1 is 1.53 bits per heavy atom. The van der Waals surface area contributed by atoms with Crippen LogP contribution in [-0.4, -0.2) is 29.7 Å². The number of rotatable bonds is 5. The SMILES string of the molecule is COCCC(C)Nc1nc(Cl)ncc1Cl. The Hall–Kier alpha value is -0.580. The van der Waals surface area contributed by atoms with E-state index < -0.39 is 0 Å². The van der Waals surface area contributed by atoms with Gasteiger partial charge in [0.05, 0.1) is 6.20 Å². The van der Waals surface area contributed by atoms with Crippen molar-refractivity contribution in [1.29, 1.82) is 0 Å². The Bertz CT molecular complexity index is 322. The smallest absolute Gasteiger partial charge is 0.224 e. The van der Waals surface area contributed by atoms with Gasteiger partial charge in [-0.25, -0.2) is 4.98 Å². The molecule has 1 N–H and O–H groups in total. The third-order valence-corrected chi connectivity index (χ3v) is 2.31. The van der Waals surface area contributed by atoms with Crippen LogP contribution in [0.4, 0.5) is 5.82 Å². The minimum absolute atomic E-state index is 0.181. The van der Waals surface area contributed by atoms with E-state index in [9.17, 15) is 0 Å². The standard InChI is InChI=1S/C9H13Cl2N3O/c1-6(3-4-15-2)13-8-7(10)5-12-9(11)14-8/h5-6H,3-4H2,1-2H3,(H,12,13,14). The second-order valence-corrected chi connectivity index (χ2v) is 3.91. The van der Waals surface area contributed by atoms with Crippen LogP contribution in [-0.2, 0) is 4.74 Å². The third kappa shape index (κ3) is 4.20. The van der Waals surface area contributed by atoms with Gasteiger partial charge in [0, 0.05) is 19.8 Å². The minimum atomic E-state index is 0.181. The molecular weight excluding hydrogens is 237 g/mol. The number of hydrogen-bond donors (Lipinski definition) is 1. The lowest BCUT2D eigenvalue weighted by atomic mass is 10.2. The van der Waals surface area contributed by atoms with Crippen LogP contribution in [0.3, 0.4) is 0 Å². The first-order valence-corrected chi connectivity index (χ1v) is 5.32. The lowest BCUT2D eigenvalue weighted by Crippen LogP contribution is -2.18. The first kappa shape index (κ1) is 12.5. The van der Waals surface area contributed by atoms with Gasteiger partial charge in [0.2, 0.25) is 5.28 Å². The van der Waals surface area contributed by atoms with Crippen LogP contribution in [0.25, 0.3) is 0 Å². The van der Waals surface area contributed by atoms with Crippen LogP contribution in [0.2, 0.25) is 10.3 Å². The van der Waals surface area contributed by atoms with Crippen LogP contribution in [0.1, 0.15) is 13.3 Å². The molecule has 0 spiro atoms. The average Bonchev–Trinajstić information content (AvgIpc) is 2.20. The molecule has 0 saturated carbocycles. The van der Waals surface area contributed by atoms with Crippen molar-refractivity contribution in [2.45, 2.75) is 19.4 Å². The molecule has 0 aliphatic heterocycles. The average molecular weight is 250 g/mol. The summed E-state index contributed by atoms with van der Waals surface area (Å²) < 4.78 is 4.97. The van der Waals surface area contributed by atoms with Crippen LogP contribution in [0.5, 0.6) is 0 Å². The van der Waals surface area contributed by atoms with Gasteiger partial charge < -0.3 is 10.1 Å². The molecule has 0 aromatic carbocycles. The van der Waals surface area contributed by atoms with Gasteiger partial charge >= 0.3 is 0 Å². The topological polar surface area (TPSA) is 47.0 Å². The van der Waals surface area contributed by atoms with Gasteiger partial charge in [-0.2, -0.15) is 4.98 Å². The summed E-state index contributed by atoms with van der Waals surface area (Å²) in [7, 11) is 1.67. The minimum Gasteiger partial charge on any atom is -0.385 e. The molecule has 0 amide bonds. The maximum absolute atomic E-state index is 5.90. The normalized spacial score (nSPS) is 12.5. The molecule has 1 aromatic heterocycles. The molecule has 0 bridgehead atoms. The molecule has 6 heteroatoms. The van der Waals surface area contributed by atoms with E-state index in [-0.39, 0.29) is 11.3 Å². The number of aromatic nitrogens is 2. The van der Waals surface area contributed by atoms with Crippen LogP contribution in [0.15, 0.2) is 6.20 Å². The molecule has 0 saturated heterocycles. The van der Waals surface area contributed by atoms with E-state index in [1.54, 1.807) is 7.11 Å². The number of ether oxygens (including phenoxy) is 1. The maximum atomic E-state index is 5.90. The van der Waals surface area contributed by atoms with E-state index in [0.29, 0.717) is 17.4 Å². The third-order valence-electron chi connectivity index (χ3n) is 1.85. The predicted molar refractivity (Wildman–Crippen MR) is 61.6 cm³/mol. The Labute approximate surface area is 99.0 Å². The summed E-state index contributed by atoms with van der Waals surface area (Å²) in [5.41, 5.74) is 0. The summed E-state index contributed by atoms with van der Waals surface area (Å²) in [6.45, 7) is 2.70. The summed E-state index contributed by atoms with van der Waals surface area (Å²) in [6.07, 6.45) is 2.34. The quantitative estimate of drug-likeness (QED) is 0.816. The van der Waals surface area contributed by atoms with Gasteiger partial charge in [0.1, 0.15) is 10.8 Å². The molecule has 0 fully saturated rings. The van der Waals surface area contributed by atoms with E-state index in [1.807, 2.05) is 6.92 Å². The lowest BCUT2D eigenvalue weighted by Gasteiger charge is -2.14. The molecule has 15 heavy (non-hydrogen) atoms. The zero-order valence-electron chi connectivity index (χ0n) is 8.63. The van der Waals surface area contributed by atoms with Crippen molar-refractivity contribution in [1.82, 2.24) is 9.97 Å². The van der Waals surface area contributed by atoms with Crippen molar-refractivity contribution in [2.24, 2.45) is 0 Å². The van der Waals surface area contributed by atoms with Crippen molar-refractivity contribution < 1.29 is 4.74 Å². The second kappa shape index (κ2) is 6.10. The van der Waals surface area contributed by atoms with E-state index >= 15 is 0 Å². The summed E-state index contributed by atoms with van der Waals surface area (Å²) in [6, 6.07) is 0.216. The van der Waals surface area contributed by atoms with Crippen molar-refractivity contribution in [3.63, 3.8) is 0 Å². The highest BCUT2D eigenvalue weighted by molar-refractivity contribution is 6.33. The number of hydrogen-bond acceptors (Lipinski definition) is 4. The fourth-order valence-electron chi connectivity index (χ4n) is 1.05. The number of methoxy groups -OCH3 is 1. The highest BCUT2D eigenvalue weighted by Gasteiger charge is 2.07. The zero-order valence-corrected chi connectivity index (χ0v) is 10.1. The van der Waals surface area contributed by atoms with Crippen molar-refractivity contribution in [3.8, 4) is 0 Å². The molecule has 4 nitrogen and oxygen atoms in total. The molecule has 84 valence electrons. The molecule has 0 aliphatic rings. The number of nitrogens with one attached hydrogen (secondary N) is 1. The van der Waals surface area contributed by atoms with Crippen LogP contribution >= 0.6 is 23.2 Å². The molecule has 0 aliphatic carbocycles. The summed E-state index contributed by atoms with van der Waals surface area (Å²) in [5.74, 6) is 0.556. The van der Waals surface area contributed by atoms with Gasteiger partial charge in [-0.1, -0.05) is 11.6 Å². The molecular formula is C9H13Cl2N3O. The van der Waals surface area contributed by atoms with Gasteiger partial charge in [-0.05, 0) is 24.9 Å². The molecule has 1 heterocycles. The van der Waals surface area contributed by atoms with E-state index in [4.69, 9.17) is 27.9 Å².